The van der Waals surface area contributed by atoms with Gasteiger partial charge in [-0.1, -0.05) is 12.5 Å². The van der Waals surface area contributed by atoms with Crippen LogP contribution in [0.5, 0.6) is 0 Å². The van der Waals surface area contributed by atoms with Gasteiger partial charge in [0.1, 0.15) is 15.6 Å². The molecule has 0 atom stereocenters. The molecule has 1 saturated heterocycles. The predicted molar refractivity (Wildman–Crippen MR) is 96.0 cm³/mol. The maximum absolute atomic E-state index is 13.4. The first-order valence-electron chi connectivity index (χ1n) is 8.05. The Morgan fingerprint density at radius 2 is 1.92 bits per heavy atom. The number of thiophene rings is 1. The summed E-state index contributed by atoms with van der Waals surface area (Å²) in [5.41, 5.74) is 1.03. The topological polar surface area (TPSA) is 66.5 Å². The molecule has 5 nitrogen and oxygen atoms in total. The van der Waals surface area contributed by atoms with Crippen LogP contribution in [0, 0.1) is 12.7 Å². The molecule has 1 aromatic heterocycles. The molecule has 8 heteroatoms. The summed E-state index contributed by atoms with van der Waals surface area (Å²) in [5, 5.41) is 4.20. The van der Waals surface area contributed by atoms with Crippen molar-refractivity contribution >= 4 is 33.0 Å². The lowest BCUT2D eigenvalue weighted by Crippen LogP contribution is -2.36. The van der Waals surface area contributed by atoms with Crippen molar-refractivity contribution in [2.45, 2.75) is 31.1 Å². The molecular weight excluding hydrogens is 363 g/mol. The number of nitrogens with one attached hydrogen (secondary N) is 1. The normalized spacial score (nSPS) is 15.9. The van der Waals surface area contributed by atoms with E-state index in [2.05, 4.69) is 5.32 Å². The maximum atomic E-state index is 13.4. The van der Waals surface area contributed by atoms with Gasteiger partial charge in [-0.2, -0.15) is 4.31 Å². The van der Waals surface area contributed by atoms with Crippen LogP contribution < -0.4 is 5.32 Å². The Balaban J connectivity index is 1.88. The number of anilines is 1. The molecule has 25 heavy (non-hydrogen) atoms. The molecule has 134 valence electrons. The quantitative estimate of drug-likeness (QED) is 0.878. The molecular formula is C17H19FN2O3S2. The first-order valence-corrected chi connectivity index (χ1v) is 10.4. The summed E-state index contributed by atoms with van der Waals surface area (Å²) in [4.78, 5) is 12.7. The number of rotatable bonds is 4. The van der Waals surface area contributed by atoms with Crippen LogP contribution in [0.3, 0.4) is 0 Å². The highest BCUT2D eigenvalue weighted by molar-refractivity contribution is 7.89. The van der Waals surface area contributed by atoms with Crippen molar-refractivity contribution in [1.82, 2.24) is 4.31 Å². The number of benzene rings is 1. The number of piperidine rings is 1. The first kappa shape index (κ1) is 18.0. The highest BCUT2D eigenvalue weighted by atomic mass is 32.2. The van der Waals surface area contributed by atoms with Crippen molar-refractivity contribution < 1.29 is 17.6 Å². The number of amides is 1. The van der Waals surface area contributed by atoms with E-state index < -0.39 is 21.7 Å². The van der Waals surface area contributed by atoms with E-state index in [-0.39, 0.29) is 9.77 Å². The molecule has 1 aliphatic heterocycles. The zero-order valence-electron chi connectivity index (χ0n) is 13.8. The summed E-state index contributed by atoms with van der Waals surface area (Å²) in [6.07, 6.45) is 2.67. The summed E-state index contributed by atoms with van der Waals surface area (Å²) >= 11 is 1.07. The number of hydrogen-bond donors (Lipinski definition) is 1. The fourth-order valence-corrected chi connectivity index (χ4v) is 5.63. The van der Waals surface area contributed by atoms with Gasteiger partial charge in [-0.3, -0.25) is 4.79 Å². The molecule has 0 aliphatic carbocycles. The van der Waals surface area contributed by atoms with Gasteiger partial charge in [0, 0.05) is 18.8 Å². The molecule has 2 heterocycles. The van der Waals surface area contributed by atoms with Gasteiger partial charge in [-0.05, 0) is 48.9 Å². The Morgan fingerprint density at radius 1 is 1.20 bits per heavy atom. The number of halogens is 1. The molecule has 1 N–H and O–H groups in total. The molecule has 0 spiro atoms. The highest BCUT2D eigenvalue weighted by Gasteiger charge is 2.31. The van der Waals surface area contributed by atoms with E-state index in [9.17, 15) is 17.6 Å². The first-order chi connectivity index (χ1) is 11.9. The number of hydrogen-bond acceptors (Lipinski definition) is 4. The summed E-state index contributed by atoms with van der Waals surface area (Å²) < 4.78 is 40.5. The average molecular weight is 382 g/mol. The van der Waals surface area contributed by atoms with Gasteiger partial charge < -0.3 is 5.32 Å². The van der Waals surface area contributed by atoms with Gasteiger partial charge >= 0.3 is 0 Å². The predicted octanol–water partition coefficient (Wildman–Crippen LogP) is 3.62. The molecule has 1 aromatic carbocycles. The van der Waals surface area contributed by atoms with Crippen molar-refractivity contribution in [1.29, 1.82) is 0 Å². The van der Waals surface area contributed by atoms with E-state index in [1.807, 2.05) is 0 Å². The minimum absolute atomic E-state index is 0.0194. The molecule has 0 bridgehead atoms. The van der Waals surface area contributed by atoms with Crippen LogP contribution >= 0.6 is 11.3 Å². The Kier molecular flexibility index (Phi) is 5.21. The maximum Gasteiger partial charge on any atom is 0.267 e. The second-order valence-electron chi connectivity index (χ2n) is 5.99. The monoisotopic (exact) mass is 382 g/mol. The van der Waals surface area contributed by atoms with Crippen LogP contribution in [-0.2, 0) is 10.0 Å². The number of aryl methyl sites for hydroxylation is 1. The Labute approximate surface area is 150 Å². The Bertz CT molecular complexity index is 887. The second kappa shape index (κ2) is 7.23. The molecule has 1 amide bonds. The van der Waals surface area contributed by atoms with E-state index in [4.69, 9.17) is 0 Å². The van der Waals surface area contributed by atoms with E-state index in [1.54, 1.807) is 18.4 Å². The molecule has 0 unspecified atom stereocenters. The van der Waals surface area contributed by atoms with Gasteiger partial charge in [0.25, 0.3) is 5.91 Å². The largest absolute Gasteiger partial charge is 0.321 e. The number of nitrogens with zero attached hydrogens (tertiary/aromatic N) is 1. The second-order valence-corrected chi connectivity index (χ2v) is 8.81. The third kappa shape index (κ3) is 3.75. The van der Waals surface area contributed by atoms with Crippen molar-refractivity contribution in [2.75, 3.05) is 18.4 Å². The van der Waals surface area contributed by atoms with Gasteiger partial charge in [0.05, 0.1) is 0 Å². The van der Waals surface area contributed by atoms with Gasteiger partial charge in [0.2, 0.25) is 10.0 Å². The van der Waals surface area contributed by atoms with Crippen LogP contribution in [0.2, 0.25) is 0 Å². The summed E-state index contributed by atoms with van der Waals surface area (Å²) in [7, 11) is -3.70. The SMILES string of the molecule is Cc1ccc(F)cc1NC(=O)c1sccc1S(=O)(=O)N1CCCCC1. The molecule has 3 rings (SSSR count). The molecule has 1 fully saturated rings. The van der Waals surface area contributed by atoms with Crippen LogP contribution in [-0.4, -0.2) is 31.7 Å². The van der Waals surface area contributed by atoms with Crippen molar-refractivity contribution in [3.05, 3.63) is 45.9 Å². The lowest BCUT2D eigenvalue weighted by Gasteiger charge is -2.25. The summed E-state index contributed by atoms with van der Waals surface area (Å²) in [6.45, 7) is 2.69. The zero-order valence-corrected chi connectivity index (χ0v) is 15.4. The van der Waals surface area contributed by atoms with Crippen LogP contribution in [0.15, 0.2) is 34.5 Å². The van der Waals surface area contributed by atoms with E-state index in [0.29, 0.717) is 24.3 Å². The number of carbonyl (C=O) groups is 1. The number of sulfonamides is 1. The summed E-state index contributed by atoms with van der Waals surface area (Å²) in [5.74, 6) is -1.01. The lowest BCUT2D eigenvalue weighted by atomic mass is 10.2. The third-order valence-electron chi connectivity index (χ3n) is 4.22. The van der Waals surface area contributed by atoms with Crippen LogP contribution in [0.25, 0.3) is 0 Å². The minimum Gasteiger partial charge on any atom is -0.321 e. The molecule has 1 aliphatic rings. The van der Waals surface area contributed by atoms with Gasteiger partial charge in [-0.25, -0.2) is 12.8 Å². The average Bonchev–Trinajstić information content (AvgIpc) is 3.09. The fourth-order valence-electron chi connectivity index (χ4n) is 2.82. The molecule has 0 radical (unpaired) electrons. The van der Waals surface area contributed by atoms with E-state index >= 15 is 0 Å². The third-order valence-corrected chi connectivity index (χ3v) is 7.20. The van der Waals surface area contributed by atoms with Gasteiger partial charge in [0.15, 0.2) is 0 Å². The van der Waals surface area contributed by atoms with Crippen LogP contribution in [0.1, 0.15) is 34.5 Å². The molecule has 2 aromatic rings. The van der Waals surface area contributed by atoms with Crippen LogP contribution in [0.4, 0.5) is 10.1 Å². The fraction of sp³-hybridized carbons (Fsp3) is 0.353. The van der Waals surface area contributed by atoms with Crippen molar-refractivity contribution in [3.8, 4) is 0 Å². The zero-order chi connectivity index (χ0) is 18.0. The highest BCUT2D eigenvalue weighted by Crippen LogP contribution is 2.28. The van der Waals surface area contributed by atoms with Gasteiger partial charge in [-0.15, -0.1) is 11.3 Å². The Hall–Kier alpha value is -1.77. The summed E-state index contributed by atoms with van der Waals surface area (Å²) in [6, 6.07) is 5.55. The van der Waals surface area contributed by atoms with Crippen molar-refractivity contribution in [2.24, 2.45) is 0 Å². The standard InChI is InChI=1S/C17H19FN2O3S2/c1-12-5-6-13(18)11-14(12)19-17(21)16-15(7-10-24-16)25(22,23)20-8-3-2-4-9-20/h5-7,10-11H,2-4,8-9H2,1H3,(H,19,21). The van der Waals surface area contributed by atoms with E-state index in [1.165, 1.54) is 22.5 Å². The minimum atomic E-state index is -3.70. The van der Waals surface area contributed by atoms with E-state index in [0.717, 1.165) is 30.6 Å². The smallest absolute Gasteiger partial charge is 0.267 e. The van der Waals surface area contributed by atoms with Crippen molar-refractivity contribution in [3.63, 3.8) is 0 Å². The lowest BCUT2D eigenvalue weighted by molar-refractivity contribution is 0.102. The Morgan fingerprint density at radius 3 is 2.64 bits per heavy atom. The molecule has 0 saturated carbocycles. The number of carbonyl (C=O) groups excluding carboxylic acids is 1.